The van der Waals surface area contributed by atoms with Crippen molar-refractivity contribution in [2.75, 3.05) is 0 Å². The van der Waals surface area contributed by atoms with Crippen molar-refractivity contribution in [3.05, 3.63) is 22.2 Å². The van der Waals surface area contributed by atoms with Crippen molar-refractivity contribution in [1.82, 2.24) is 9.97 Å². The van der Waals surface area contributed by atoms with E-state index in [0.717, 1.165) is 6.29 Å². The maximum Gasteiger partial charge on any atom is 0.160 e. The zero-order chi connectivity index (χ0) is 8.55. The van der Waals surface area contributed by atoms with Crippen LogP contribution >= 0.6 is 11.6 Å². The number of hydrogen-bond acceptors (Lipinski definition) is 4. The van der Waals surface area contributed by atoms with Crippen molar-refractivity contribution < 1.29 is 4.79 Å². The van der Waals surface area contributed by atoms with E-state index in [0.29, 0.717) is 15.9 Å². The maximum absolute atomic E-state index is 10.4. The molecule has 1 aromatic rings. The first kappa shape index (κ1) is 7.36. The number of halogens is 1. The van der Waals surface area contributed by atoms with E-state index in [1.54, 1.807) is 6.08 Å². The predicted molar refractivity (Wildman–Crippen MR) is 42.1 cm³/mol. The first-order valence-electron chi connectivity index (χ1n) is 3.33. The molecule has 1 unspecified atom stereocenters. The third-order valence-corrected chi connectivity index (χ3v) is 1.86. The highest BCUT2D eigenvalue weighted by Gasteiger charge is 2.09. The average Bonchev–Trinajstić information content (AvgIpc) is 2.49. The second-order valence-electron chi connectivity index (χ2n) is 2.32. The Balaban J connectivity index is 2.76. The Kier molecular flexibility index (Phi) is 1.62. The number of fused-ring (bicyclic) bond motifs is 1. The summed E-state index contributed by atoms with van der Waals surface area (Å²) in [5.41, 5.74) is 0.493. The Morgan fingerprint density at radius 1 is 1.50 bits per heavy atom. The molecule has 1 atom stereocenters. The number of carbonyl (C=O) groups is 1. The van der Waals surface area contributed by atoms with Crippen LogP contribution in [-0.4, -0.2) is 22.3 Å². The fourth-order valence-corrected chi connectivity index (χ4v) is 1.22. The van der Waals surface area contributed by atoms with Gasteiger partial charge in [0.05, 0.1) is 5.22 Å². The van der Waals surface area contributed by atoms with Gasteiger partial charge in [-0.05, 0) is 6.08 Å². The zero-order valence-corrected chi connectivity index (χ0v) is 6.69. The first-order chi connectivity index (χ1) is 5.81. The molecule has 0 radical (unpaired) electrons. The van der Waals surface area contributed by atoms with Crippen molar-refractivity contribution in [3.63, 3.8) is 0 Å². The van der Waals surface area contributed by atoms with Crippen LogP contribution in [0.4, 0.5) is 0 Å². The Bertz CT molecular complexity index is 442. The maximum atomic E-state index is 10.4. The van der Waals surface area contributed by atoms with Crippen molar-refractivity contribution in [2.45, 2.75) is 6.04 Å². The van der Waals surface area contributed by atoms with Gasteiger partial charge in [-0.15, -0.1) is 0 Å². The minimum Gasteiger partial charge on any atom is -0.301 e. The quantitative estimate of drug-likeness (QED) is 0.417. The van der Waals surface area contributed by atoms with Gasteiger partial charge < -0.3 is 4.79 Å². The van der Waals surface area contributed by atoms with Gasteiger partial charge in [0.1, 0.15) is 23.8 Å². The van der Waals surface area contributed by atoms with E-state index in [1.807, 2.05) is 0 Å². The number of aromatic nitrogens is 2. The fourth-order valence-electron chi connectivity index (χ4n) is 1.03. The van der Waals surface area contributed by atoms with Crippen molar-refractivity contribution in [2.24, 2.45) is 4.99 Å². The largest absolute Gasteiger partial charge is 0.301 e. The Morgan fingerprint density at radius 2 is 2.33 bits per heavy atom. The van der Waals surface area contributed by atoms with Gasteiger partial charge in [-0.2, -0.15) is 0 Å². The van der Waals surface area contributed by atoms with E-state index in [4.69, 9.17) is 11.6 Å². The van der Waals surface area contributed by atoms with Crippen LogP contribution in [0.2, 0.25) is 5.15 Å². The van der Waals surface area contributed by atoms with Crippen LogP contribution in [0.5, 0.6) is 0 Å². The molecule has 0 amide bonds. The second kappa shape index (κ2) is 2.64. The van der Waals surface area contributed by atoms with Crippen LogP contribution in [0.3, 0.4) is 0 Å². The molecule has 5 heteroatoms. The molecule has 2 rings (SSSR count). The molecule has 0 aromatic carbocycles. The Labute approximate surface area is 72.6 Å². The normalized spacial score (nSPS) is 19.2. The highest BCUT2D eigenvalue weighted by molar-refractivity contribution is 6.29. The number of nitrogens with zero attached hydrogens (tertiary/aromatic N) is 3. The molecule has 1 aromatic heterocycles. The highest BCUT2D eigenvalue weighted by Crippen LogP contribution is 1.96. The summed E-state index contributed by atoms with van der Waals surface area (Å²) in [6.45, 7) is 0. The third-order valence-electron chi connectivity index (χ3n) is 1.56. The topological polar surface area (TPSA) is 55.2 Å². The third kappa shape index (κ3) is 1.00. The summed E-state index contributed by atoms with van der Waals surface area (Å²) in [6, 6.07) is -0.450. The minimum atomic E-state index is -0.450. The smallest absolute Gasteiger partial charge is 0.160 e. The lowest BCUT2D eigenvalue weighted by molar-refractivity contribution is -0.107. The monoisotopic (exact) mass is 181 g/mol. The molecule has 1 aliphatic rings. The summed E-state index contributed by atoms with van der Waals surface area (Å²) < 4.78 is 0. The lowest BCUT2D eigenvalue weighted by Gasteiger charge is -1.84. The van der Waals surface area contributed by atoms with Gasteiger partial charge in [0.25, 0.3) is 0 Å². The van der Waals surface area contributed by atoms with Crippen molar-refractivity contribution in [3.8, 4) is 0 Å². The summed E-state index contributed by atoms with van der Waals surface area (Å²) in [7, 11) is 0. The van der Waals surface area contributed by atoms with E-state index < -0.39 is 6.04 Å². The Hall–Kier alpha value is -1.29. The van der Waals surface area contributed by atoms with Crippen molar-refractivity contribution >= 4 is 24.0 Å². The zero-order valence-electron chi connectivity index (χ0n) is 5.94. The molecule has 2 heterocycles. The molecular weight excluding hydrogens is 178 g/mol. The average molecular weight is 182 g/mol. The van der Waals surface area contributed by atoms with E-state index in [-0.39, 0.29) is 0 Å². The Morgan fingerprint density at radius 3 is 3.00 bits per heavy atom. The molecule has 12 heavy (non-hydrogen) atoms. The number of carbonyl (C=O) groups excluding carboxylic acids is 1. The molecule has 0 saturated heterocycles. The van der Waals surface area contributed by atoms with Crippen LogP contribution in [0.15, 0.2) is 11.3 Å². The van der Waals surface area contributed by atoms with E-state index in [1.165, 1.54) is 6.33 Å². The van der Waals surface area contributed by atoms with E-state index in [9.17, 15) is 4.79 Å². The number of rotatable bonds is 1. The van der Waals surface area contributed by atoms with E-state index >= 15 is 0 Å². The fraction of sp³-hybridized carbons (Fsp3) is 0.143. The van der Waals surface area contributed by atoms with Crippen LogP contribution in [0, 0.1) is 0 Å². The summed E-state index contributed by atoms with van der Waals surface area (Å²) in [5, 5.41) is 0.990. The second-order valence-corrected chi connectivity index (χ2v) is 2.68. The number of aldehydes is 1. The van der Waals surface area contributed by atoms with Crippen LogP contribution in [0.1, 0.15) is 0 Å². The predicted octanol–water partition coefficient (Wildman–Crippen LogP) is -0.889. The van der Waals surface area contributed by atoms with Gasteiger partial charge in [-0.3, -0.25) is 4.99 Å². The first-order valence-corrected chi connectivity index (χ1v) is 3.70. The molecule has 0 saturated carbocycles. The van der Waals surface area contributed by atoms with Gasteiger partial charge in [0.15, 0.2) is 5.49 Å². The molecule has 1 aliphatic heterocycles. The SMILES string of the molecule is O=CC1C=c2c(Cl)ncnc2=N1. The summed E-state index contributed by atoms with van der Waals surface area (Å²) in [5.74, 6) is 0. The van der Waals surface area contributed by atoms with Crippen LogP contribution in [-0.2, 0) is 4.79 Å². The molecule has 4 nitrogen and oxygen atoms in total. The van der Waals surface area contributed by atoms with Crippen LogP contribution < -0.4 is 10.7 Å². The van der Waals surface area contributed by atoms with E-state index in [2.05, 4.69) is 15.0 Å². The standard InChI is InChI=1S/C7H4ClN3O/c8-6-5-1-4(2-12)11-7(5)10-3-9-6/h1-4H. The molecule has 0 bridgehead atoms. The molecule has 0 N–H and O–H groups in total. The lowest BCUT2D eigenvalue weighted by atomic mass is 10.3. The molecule has 0 fully saturated rings. The van der Waals surface area contributed by atoms with Crippen molar-refractivity contribution in [1.29, 1.82) is 0 Å². The summed E-state index contributed by atoms with van der Waals surface area (Å²) in [6.07, 6.45) is 3.70. The molecule has 0 spiro atoms. The molecular formula is C7H4ClN3O. The molecule has 0 aliphatic carbocycles. The lowest BCUT2D eigenvalue weighted by Crippen LogP contribution is -2.26. The van der Waals surface area contributed by atoms with Crippen LogP contribution in [0.25, 0.3) is 6.08 Å². The molecule has 60 valence electrons. The van der Waals surface area contributed by atoms with Gasteiger partial charge in [0.2, 0.25) is 0 Å². The summed E-state index contributed by atoms with van der Waals surface area (Å²) in [4.78, 5) is 22.0. The van der Waals surface area contributed by atoms with Gasteiger partial charge >= 0.3 is 0 Å². The van der Waals surface area contributed by atoms with Gasteiger partial charge in [-0.1, -0.05) is 11.6 Å². The summed E-state index contributed by atoms with van der Waals surface area (Å²) >= 11 is 5.73. The number of hydrogen-bond donors (Lipinski definition) is 0. The highest BCUT2D eigenvalue weighted by atomic mass is 35.5. The van der Waals surface area contributed by atoms with Gasteiger partial charge in [-0.25, -0.2) is 9.97 Å². The van der Waals surface area contributed by atoms with Gasteiger partial charge in [0, 0.05) is 0 Å². The minimum absolute atomic E-state index is 0.341.